The lowest BCUT2D eigenvalue weighted by atomic mass is 10.2. The van der Waals surface area contributed by atoms with E-state index in [0.717, 1.165) is 48.9 Å². The number of nitrogens with one attached hydrogen (secondary N) is 1. The van der Waals surface area contributed by atoms with Crippen LogP contribution < -0.4 is 5.32 Å². The predicted octanol–water partition coefficient (Wildman–Crippen LogP) is 3.71. The van der Waals surface area contributed by atoms with E-state index in [2.05, 4.69) is 26.1 Å². The standard InChI is InChI=1S/C15H23N3OS/c1-5-8-16-14-13-10(2)11(3)20-15(13)18-12(17-14)7-6-9-19-4/h5-9H2,1-4H3,(H,16,17,18). The van der Waals surface area contributed by atoms with Crippen molar-refractivity contribution in [1.29, 1.82) is 0 Å². The highest BCUT2D eigenvalue weighted by molar-refractivity contribution is 7.18. The van der Waals surface area contributed by atoms with Crippen LogP contribution in [0.3, 0.4) is 0 Å². The number of thiophene rings is 1. The number of aromatic nitrogens is 2. The fourth-order valence-corrected chi connectivity index (χ4v) is 3.20. The minimum Gasteiger partial charge on any atom is -0.385 e. The summed E-state index contributed by atoms with van der Waals surface area (Å²) in [5.74, 6) is 1.90. The summed E-state index contributed by atoms with van der Waals surface area (Å²) >= 11 is 1.76. The molecule has 0 unspecified atom stereocenters. The van der Waals surface area contributed by atoms with E-state index in [0.29, 0.717) is 0 Å². The van der Waals surface area contributed by atoms with Crippen LogP contribution in [0.2, 0.25) is 0 Å². The normalized spacial score (nSPS) is 11.2. The number of hydrogen-bond donors (Lipinski definition) is 1. The average molecular weight is 293 g/mol. The lowest BCUT2D eigenvalue weighted by molar-refractivity contribution is 0.194. The first-order valence-electron chi connectivity index (χ1n) is 7.16. The summed E-state index contributed by atoms with van der Waals surface area (Å²) in [6.07, 6.45) is 2.91. The quantitative estimate of drug-likeness (QED) is 0.791. The van der Waals surface area contributed by atoms with E-state index in [1.54, 1.807) is 18.4 Å². The first-order chi connectivity index (χ1) is 9.67. The topological polar surface area (TPSA) is 47.0 Å². The average Bonchev–Trinajstić information content (AvgIpc) is 2.72. The van der Waals surface area contributed by atoms with Crippen LogP contribution in [0.1, 0.15) is 36.0 Å². The third-order valence-electron chi connectivity index (χ3n) is 3.37. The van der Waals surface area contributed by atoms with Gasteiger partial charge in [-0.1, -0.05) is 6.92 Å². The van der Waals surface area contributed by atoms with Crippen LogP contribution in [0.4, 0.5) is 5.82 Å². The summed E-state index contributed by atoms with van der Waals surface area (Å²) < 4.78 is 5.10. The summed E-state index contributed by atoms with van der Waals surface area (Å²) in [4.78, 5) is 11.8. The molecule has 0 aliphatic carbocycles. The Morgan fingerprint density at radius 2 is 2.05 bits per heavy atom. The molecule has 2 heterocycles. The second-order valence-electron chi connectivity index (χ2n) is 4.97. The second kappa shape index (κ2) is 6.99. The molecule has 0 aliphatic rings. The highest BCUT2D eigenvalue weighted by Gasteiger charge is 2.14. The minimum atomic E-state index is 0.752. The van der Waals surface area contributed by atoms with Gasteiger partial charge in [-0.05, 0) is 32.3 Å². The van der Waals surface area contributed by atoms with Crippen molar-refractivity contribution in [3.63, 3.8) is 0 Å². The van der Waals surface area contributed by atoms with E-state index in [1.807, 2.05) is 0 Å². The van der Waals surface area contributed by atoms with E-state index >= 15 is 0 Å². The number of fused-ring (bicyclic) bond motifs is 1. The molecule has 2 rings (SSSR count). The molecule has 2 aromatic heterocycles. The molecule has 0 radical (unpaired) electrons. The molecule has 20 heavy (non-hydrogen) atoms. The van der Waals surface area contributed by atoms with Gasteiger partial charge in [-0.2, -0.15) is 0 Å². The van der Waals surface area contributed by atoms with Crippen molar-refractivity contribution in [2.45, 2.75) is 40.0 Å². The van der Waals surface area contributed by atoms with Crippen molar-refractivity contribution < 1.29 is 4.74 Å². The predicted molar refractivity (Wildman–Crippen MR) is 85.9 cm³/mol. The van der Waals surface area contributed by atoms with Crippen molar-refractivity contribution >= 4 is 27.4 Å². The Kier molecular flexibility index (Phi) is 5.31. The Hall–Kier alpha value is -1.20. The van der Waals surface area contributed by atoms with Gasteiger partial charge >= 0.3 is 0 Å². The second-order valence-corrected chi connectivity index (χ2v) is 6.18. The van der Waals surface area contributed by atoms with Crippen molar-refractivity contribution in [3.8, 4) is 0 Å². The van der Waals surface area contributed by atoms with Crippen molar-refractivity contribution in [1.82, 2.24) is 9.97 Å². The largest absolute Gasteiger partial charge is 0.385 e. The SMILES string of the molecule is CCCNc1nc(CCCOC)nc2sc(C)c(C)c12. The van der Waals surface area contributed by atoms with Gasteiger partial charge in [-0.25, -0.2) is 9.97 Å². The summed E-state index contributed by atoms with van der Waals surface area (Å²) in [5.41, 5.74) is 1.30. The first-order valence-corrected chi connectivity index (χ1v) is 7.98. The third-order valence-corrected chi connectivity index (χ3v) is 4.47. The molecule has 110 valence electrons. The molecule has 2 aromatic rings. The van der Waals surface area contributed by atoms with Gasteiger partial charge in [-0.15, -0.1) is 11.3 Å². The van der Waals surface area contributed by atoms with Gasteiger partial charge in [0, 0.05) is 31.6 Å². The molecule has 1 N–H and O–H groups in total. The molecule has 5 heteroatoms. The van der Waals surface area contributed by atoms with Gasteiger partial charge in [0.15, 0.2) is 0 Å². The molecule has 0 amide bonds. The zero-order valence-electron chi connectivity index (χ0n) is 12.7. The van der Waals surface area contributed by atoms with E-state index in [-0.39, 0.29) is 0 Å². The maximum Gasteiger partial charge on any atom is 0.138 e. The number of aryl methyl sites for hydroxylation is 3. The molecule has 0 fully saturated rings. The van der Waals surface area contributed by atoms with Crippen LogP contribution in [-0.2, 0) is 11.2 Å². The molecular formula is C15H23N3OS. The molecule has 4 nitrogen and oxygen atoms in total. The Balaban J connectivity index is 2.36. The Bertz CT molecular complexity index is 580. The van der Waals surface area contributed by atoms with E-state index in [9.17, 15) is 0 Å². The minimum absolute atomic E-state index is 0.752. The van der Waals surface area contributed by atoms with E-state index in [4.69, 9.17) is 14.7 Å². The Labute approximate surface area is 124 Å². The summed E-state index contributed by atoms with van der Waals surface area (Å²) in [7, 11) is 1.73. The van der Waals surface area contributed by atoms with E-state index < -0.39 is 0 Å². The zero-order valence-corrected chi connectivity index (χ0v) is 13.6. The lowest BCUT2D eigenvalue weighted by Crippen LogP contribution is -2.06. The molecule has 0 spiro atoms. The number of ether oxygens (including phenoxy) is 1. The number of methoxy groups -OCH3 is 1. The highest BCUT2D eigenvalue weighted by atomic mass is 32.1. The first kappa shape index (κ1) is 15.2. The third kappa shape index (κ3) is 3.27. The Morgan fingerprint density at radius 3 is 2.75 bits per heavy atom. The number of rotatable bonds is 7. The highest BCUT2D eigenvalue weighted by Crippen LogP contribution is 2.33. The molecule has 0 bridgehead atoms. The monoisotopic (exact) mass is 293 g/mol. The maximum atomic E-state index is 5.10. The fourth-order valence-electron chi connectivity index (χ4n) is 2.15. The van der Waals surface area contributed by atoms with Crippen LogP contribution in [0, 0.1) is 13.8 Å². The van der Waals surface area contributed by atoms with Crippen molar-refractivity contribution in [2.75, 3.05) is 25.6 Å². The lowest BCUT2D eigenvalue weighted by Gasteiger charge is -2.09. The van der Waals surface area contributed by atoms with Gasteiger partial charge in [0.05, 0.1) is 5.39 Å². The summed E-state index contributed by atoms with van der Waals surface area (Å²) in [6, 6.07) is 0. The molecule has 0 atom stereocenters. The van der Waals surface area contributed by atoms with Crippen LogP contribution in [0.25, 0.3) is 10.2 Å². The summed E-state index contributed by atoms with van der Waals surface area (Å²) in [6.45, 7) is 8.16. The van der Waals surface area contributed by atoms with Crippen molar-refractivity contribution in [3.05, 3.63) is 16.3 Å². The number of anilines is 1. The van der Waals surface area contributed by atoms with Crippen LogP contribution in [-0.4, -0.2) is 30.2 Å². The molecule has 0 saturated heterocycles. The van der Waals surface area contributed by atoms with Gasteiger partial charge in [-0.3, -0.25) is 0 Å². The molecule has 0 saturated carbocycles. The number of nitrogens with zero attached hydrogens (tertiary/aromatic N) is 2. The van der Waals surface area contributed by atoms with E-state index in [1.165, 1.54) is 15.8 Å². The van der Waals surface area contributed by atoms with Gasteiger partial charge < -0.3 is 10.1 Å². The maximum absolute atomic E-state index is 5.10. The van der Waals surface area contributed by atoms with Crippen LogP contribution >= 0.6 is 11.3 Å². The summed E-state index contributed by atoms with van der Waals surface area (Å²) in [5, 5.41) is 4.64. The molecular weight excluding hydrogens is 270 g/mol. The fraction of sp³-hybridized carbons (Fsp3) is 0.600. The van der Waals surface area contributed by atoms with Gasteiger partial charge in [0.2, 0.25) is 0 Å². The van der Waals surface area contributed by atoms with Crippen LogP contribution in [0.5, 0.6) is 0 Å². The van der Waals surface area contributed by atoms with Gasteiger partial charge in [0.25, 0.3) is 0 Å². The van der Waals surface area contributed by atoms with Crippen molar-refractivity contribution in [2.24, 2.45) is 0 Å². The van der Waals surface area contributed by atoms with Crippen LogP contribution in [0.15, 0.2) is 0 Å². The molecule has 0 aliphatic heterocycles. The Morgan fingerprint density at radius 1 is 1.25 bits per heavy atom. The number of hydrogen-bond acceptors (Lipinski definition) is 5. The smallest absolute Gasteiger partial charge is 0.138 e. The molecule has 0 aromatic carbocycles. The zero-order chi connectivity index (χ0) is 14.5. The van der Waals surface area contributed by atoms with Gasteiger partial charge in [0.1, 0.15) is 16.5 Å².